The van der Waals surface area contributed by atoms with Gasteiger partial charge in [0.25, 0.3) is 0 Å². The van der Waals surface area contributed by atoms with E-state index in [4.69, 9.17) is 5.11 Å². The van der Waals surface area contributed by atoms with Gasteiger partial charge in [0, 0.05) is 19.0 Å². The average molecular weight is 228 g/mol. The van der Waals surface area contributed by atoms with E-state index in [1.807, 2.05) is 7.05 Å². The van der Waals surface area contributed by atoms with Crippen molar-refractivity contribution in [2.45, 2.75) is 32.2 Å². The number of carbonyl (C=O) groups is 2. The van der Waals surface area contributed by atoms with Crippen LogP contribution in [0.15, 0.2) is 0 Å². The van der Waals surface area contributed by atoms with Crippen molar-refractivity contribution in [2.75, 3.05) is 26.7 Å². The third-order valence-electron chi connectivity index (χ3n) is 2.97. The molecule has 0 aromatic heterocycles. The van der Waals surface area contributed by atoms with Gasteiger partial charge in [0.15, 0.2) is 0 Å². The molecule has 0 bridgehead atoms. The molecule has 0 spiro atoms. The van der Waals surface area contributed by atoms with Crippen molar-refractivity contribution in [1.29, 1.82) is 0 Å². The average Bonchev–Trinajstić information content (AvgIpc) is 2.24. The fourth-order valence-electron chi connectivity index (χ4n) is 2.16. The number of carboxylic acid groups (broad SMARTS) is 1. The van der Waals surface area contributed by atoms with Gasteiger partial charge < -0.3 is 14.9 Å². The Labute approximate surface area is 96.0 Å². The van der Waals surface area contributed by atoms with E-state index in [1.165, 1.54) is 4.90 Å². The summed E-state index contributed by atoms with van der Waals surface area (Å²) in [5, 5.41) is 8.82. The highest BCUT2D eigenvalue weighted by Gasteiger charge is 2.27. The highest BCUT2D eigenvalue weighted by Crippen LogP contribution is 2.15. The number of likely N-dealkylation sites (tertiary alicyclic amines) is 1. The molecule has 1 aliphatic rings. The van der Waals surface area contributed by atoms with Crippen LogP contribution in [0.5, 0.6) is 0 Å². The summed E-state index contributed by atoms with van der Waals surface area (Å²) in [5.74, 6) is -1.00. The molecule has 0 aliphatic carbocycles. The van der Waals surface area contributed by atoms with Crippen LogP contribution in [0.2, 0.25) is 0 Å². The van der Waals surface area contributed by atoms with Crippen molar-refractivity contribution in [1.82, 2.24) is 9.80 Å². The van der Waals surface area contributed by atoms with Crippen LogP contribution in [0, 0.1) is 0 Å². The lowest BCUT2D eigenvalue weighted by Gasteiger charge is -2.37. The van der Waals surface area contributed by atoms with Crippen molar-refractivity contribution in [3.05, 3.63) is 0 Å². The van der Waals surface area contributed by atoms with Crippen LogP contribution in [0.3, 0.4) is 0 Å². The monoisotopic (exact) mass is 228 g/mol. The van der Waals surface area contributed by atoms with Gasteiger partial charge in [0.1, 0.15) is 6.54 Å². The molecular weight excluding hydrogens is 208 g/mol. The van der Waals surface area contributed by atoms with Gasteiger partial charge in [-0.2, -0.15) is 0 Å². The normalized spacial score (nSPS) is 21.8. The standard InChI is InChI=1S/C11H20N2O3/c1-3-10(14)13(8-11(15)16)9-5-4-6-12(2)7-9/h9H,3-8H2,1-2H3,(H,15,16). The molecule has 1 saturated heterocycles. The Hall–Kier alpha value is -1.10. The van der Waals surface area contributed by atoms with Crippen LogP contribution in [0.4, 0.5) is 0 Å². The summed E-state index contributed by atoms with van der Waals surface area (Å²) in [5.41, 5.74) is 0. The zero-order valence-electron chi connectivity index (χ0n) is 9.98. The Morgan fingerprint density at radius 1 is 1.50 bits per heavy atom. The minimum Gasteiger partial charge on any atom is -0.480 e. The largest absolute Gasteiger partial charge is 0.480 e. The molecule has 1 atom stereocenters. The third kappa shape index (κ3) is 3.48. The van der Waals surface area contributed by atoms with E-state index in [0.29, 0.717) is 6.42 Å². The number of rotatable bonds is 4. The van der Waals surface area contributed by atoms with Crippen LogP contribution < -0.4 is 0 Å². The minimum absolute atomic E-state index is 0.0577. The molecule has 1 fully saturated rings. The van der Waals surface area contributed by atoms with E-state index >= 15 is 0 Å². The zero-order valence-corrected chi connectivity index (χ0v) is 9.98. The third-order valence-corrected chi connectivity index (χ3v) is 2.97. The Morgan fingerprint density at radius 3 is 2.69 bits per heavy atom. The molecule has 5 heteroatoms. The molecular formula is C11H20N2O3. The highest BCUT2D eigenvalue weighted by molar-refractivity contribution is 5.81. The fourth-order valence-corrected chi connectivity index (χ4v) is 2.16. The van der Waals surface area contributed by atoms with Gasteiger partial charge in [-0.05, 0) is 26.4 Å². The summed E-state index contributed by atoms with van der Waals surface area (Å²) < 4.78 is 0. The van der Waals surface area contributed by atoms with Gasteiger partial charge >= 0.3 is 5.97 Å². The van der Waals surface area contributed by atoms with Gasteiger partial charge in [-0.1, -0.05) is 6.92 Å². The molecule has 1 amide bonds. The first-order chi connectivity index (χ1) is 7.54. The molecule has 1 heterocycles. The van der Waals surface area contributed by atoms with E-state index in [1.54, 1.807) is 6.92 Å². The summed E-state index contributed by atoms with van der Waals surface area (Å²) in [6.45, 7) is 3.39. The molecule has 0 aromatic rings. The Bertz CT molecular complexity index is 268. The maximum absolute atomic E-state index is 11.7. The van der Waals surface area contributed by atoms with Gasteiger partial charge in [-0.3, -0.25) is 9.59 Å². The number of carbonyl (C=O) groups excluding carboxylic acids is 1. The van der Waals surface area contributed by atoms with Crippen molar-refractivity contribution in [2.24, 2.45) is 0 Å². The molecule has 1 rings (SSSR count). The lowest BCUT2D eigenvalue weighted by Crippen LogP contribution is -2.50. The van der Waals surface area contributed by atoms with Crippen molar-refractivity contribution in [3.8, 4) is 0 Å². The smallest absolute Gasteiger partial charge is 0.323 e. The molecule has 1 unspecified atom stereocenters. The number of amides is 1. The molecule has 92 valence electrons. The van der Waals surface area contributed by atoms with Gasteiger partial charge in [-0.25, -0.2) is 0 Å². The number of likely N-dealkylation sites (N-methyl/N-ethyl adjacent to an activating group) is 1. The summed E-state index contributed by atoms with van der Waals surface area (Å²) >= 11 is 0. The number of carboxylic acids is 1. The van der Waals surface area contributed by atoms with Crippen molar-refractivity contribution < 1.29 is 14.7 Å². The molecule has 1 aliphatic heterocycles. The quantitative estimate of drug-likeness (QED) is 0.757. The molecule has 1 N–H and O–H groups in total. The Balaban J connectivity index is 2.66. The van der Waals surface area contributed by atoms with Crippen molar-refractivity contribution >= 4 is 11.9 Å². The second kappa shape index (κ2) is 5.84. The minimum atomic E-state index is -0.935. The van der Waals surface area contributed by atoms with E-state index < -0.39 is 5.97 Å². The maximum Gasteiger partial charge on any atom is 0.323 e. The van der Waals surface area contributed by atoms with Gasteiger partial charge in [0.05, 0.1) is 0 Å². The number of piperidine rings is 1. The lowest BCUT2D eigenvalue weighted by molar-refractivity contribution is -0.146. The first kappa shape index (κ1) is 13.0. The fraction of sp³-hybridized carbons (Fsp3) is 0.818. The predicted molar refractivity (Wildman–Crippen MR) is 60.2 cm³/mol. The summed E-state index contributed by atoms with van der Waals surface area (Å²) in [4.78, 5) is 26.1. The molecule has 5 nitrogen and oxygen atoms in total. The molecule has 16 heavy (non-hydrogen) atoms. The maximum atomic E-state index is 11.7. The Morgan fingerprint density at radius 2 is 2.19 bits per heavy atom. The second-order valence-electron chi connectivity index (χ2n) is 4.33. The van der Waals surface area contributed by atoms with E-state index in [-0.39, 0.29) is 18.5 Å². The van der Waals surface area contributed by atoms with Gasteiger partial charge in [0.2, 0.25) is 5.91 Å². The van der Waals surface area contributed by atoms with Crippen LogP contribution in [0.1, 0.15) is 26.2 Å². The summed E-state index contributed by atoms with van der Waals surface area (Å²) in [7, 11) is 2.00. The van der Waals surface area contributed by atoms with Crippen LogP contribution in [-0.4, -0.2) is 59.5 Å². The number of hydrogen-bond acceptors (Lipinski definition) is 3. The molecule has 0 radical (unpaired) electrons. The van der Waals surface area contributed by atoms with Crippen molar-refractivity contribution in [3.63, 3.8) is 0 Å². The topological polar surface area (TPSA) is 60.9 Å². The highest BCUT2D eigenvalue weighted by atomic mass is 16.4. The first-order valence-corrected chi connectivity index (χ1v) is 5.74. The van der Waals surface area contributed by atoms with Gasteiger partial charge in [-0.15, -0.1) is 0 Å². The summed E-state index contributed by atoms with van der Waals surface area (Å²) in [6, 6.07) is 0.0577. The number of nitrogens with zero attached hydrogens (tertiary/aromatic N) is 2. The van der Waals surface area contributed by atoms with E-state index in [9.17, 15) is 9.59 Å². The molecule has 0 saturated carbocycles. The van der Waals surface area contributed by atoms with Crippen LogP contribution in [-0.2, 0) is 9.59 Å². The SMILES string of the molecule is CCC(=O)N(CC(=O)O)C1CCCN(C)C1. The number of aliphatic carboxylic acids is 1. The van der Waals surface area contributed by atoms with Crippen LogP contribution in [0.25, 0.3) is 0 Å². The zero-order chi connectivity index (χ0) is 12.1. The first-order valence-electron chi connectivity index (χ1n) is 5.74. The second-order valence-corrected chi connectivity index (χ2v) is 4.33. The molecule has 0 aromatic carbocycles. The van der Waals surface area contributed by atoms with E-state index in [0.717, 1.165) is 25.9 Å². The number of hydrogen-bond donors (Lipinski definition) is 1. The summed E-state index contributed by atoms with van der Waals surface area (Å²) in [6.07, 6.45) is 2.30. The lowest BCUT2D eigenvalue weighted by atomic mass is 10.0. The van der Waals surface area contributed by atoms with E-state index in [2.05, 4.69) is 4.90 Å². The Kier molecular flexibility index (Phi) is 4.73. The van der Waals surface area contributed by atoms with Crippen LogP contribution >= 0.6 is 0 Å². The predicted octanol–water partition coefficient (Wildman–Crippen LogP) is 0.404.